The van der Waals surface area contributed by atoms with Gasteiger partial charge in [0, 0.05) is 29.5 Å². The van der Waals surface area contributed by atoms with E-state index in [0.29, 0.717) is 15.8 Å². The molecule has 2 aromatic rings. The molecule has 1 atom stereocenters. The van der Waals surface area contributed by atoms with Crippen molar-refractivity contribution in [3.63, 3.8) is 0 Å². The van der Waals surface area contributed by atoms with Crippen LogP contribution in [0.2, 0.25) is 5.02 Å². The Bertz CT molecular complexity index is 868. The molecule has 27 heavy (non-hydrogen) atoms. The van der Waals surface area contributed by atoms with Crippen molar-refractivity contribution in [1.82, 2.24) is 0 Å². The molecule has 0 aliphatic carbocycles. The highest BCUT2D eigenvalue weighted by Gasteiger charge is 2.41. The van der Waals surface area contributed by atoms with Gasteiger partial charge in [0.15, 0.2) is 5.11 Å². The number of thiocarbonyl (C=S) groups is 1. The summed E-state index contributed by atoms with van der Waals surface area (Å²) in [5.74, 6) is -0.0560. The molecule has 5 nitrogen and oxygen atoms in total. The zero-order valence-electron chi connectivity index (χ0n) is 15.0. The zero-order valence-corrected chi connectivity index (χ0v) is 16.5. The van der Waals surface area contributed by atoms with Gasteiger partial charge in [-0.05, 0) is 61.6 Å². The maximum absolute atomic E-state index is 12.9. The van der Waals surface area contributed by atoms with Crippen molar-refractivity contribution < 1.29 is 9.53 Å². The summed E-state index contributed by atoms with van der Waals surface area (Å²) in [7, 11) is 0. The lowest BCUT2D eigenvalue weighted by molar-refractivity contribution is -0.117. The molecule has 2 aliphatic rings. The molecule has 1 unspecified atom stereocenters. The fourth-order valence-electron chi connectivity index (χ4n) is 3.50. The molecule has 7 heteroatoms. The highest BCUT2D eigenvalue weighted by Crippen LogP contribution is 2.32. The number of benzene rings is 2. The molecule has 0 radical (unpaired) electrons. The van der Waals surface area contributed by atoms with Crippen LogP contribution in [-0.4, -0.2) is 43.4 Å². The number of nitrogens with zero attached hydrogens (tertiary/aromatic N) is 3. The molecule has 1 amide bonds. The van der Waals surface area contributed by atoms with Crippen molar-refractivity contribution in [2.75, 3.05) is 41.0 Å². The molecule has 0 saturated carbocycles. The molecule has 2 heterocycles. The molecule has 0 aromatic heterocycles. The van der Waals surface area contributed by atoms with Crippen molar-refractivity contribution >= 4 is 51.9 Å². The van der Waals surface area contributed by atoms with Gasteiger partial charge in [0.05, 0.1) is 18.9 Å². The number of carbonyl (C=O) groups excluding carboxylic acids is 1. The summed E-state index contributed by atoms with van der Waals surface area (Å²) in [5, 5.41) is 1.04. The highest BCUT2D eigenvalue weighted by atomic mass is 35.5. The van der Waals surface area contributed by atoms with E-state index < -0.39 is 0 Å². The number of hydrogen-bond donors (Lipinski definition) is 0. The van der Waals surface area contributed by atoms with Crippen LogP contribution in [-0.2, 0) is 9.53 Å². The van der Waals surface area contributed by atoms with Crippen LogP contribution in [0, 0.1) is 0 Å². The topological polar surface area (TPSA) is 36.0 Å². The van der Waals surface area contributed by atoms with E-state index in [0.717, 1.165) is 37.7 Å². The monoisotopic (exact) mass is 401 g/mol. The lowest BCUT2D eigenvalue weighted by Gasteiger charge is -2.29. The van der Waals surface area contributed by atoms with Crippen molar-refractivity contribution in [3.05, 3.63) is 53.6 Å². The minimum absolute atomic E-state index is 0.0560. The van der Waals surface area contributed by atoms with Gasteiger partial charge < -0.3 is 14.5 Å². The molecular weight excluding hydrogens is 382 g/mol. The molecule has 4 rings (SSSR count). The average Bonchev–Trinajstić information content (AvgIpc) is 2.91. The molecule has 0 bridgehead atoms. The third kappa shape index (κ3) is 3.40. The SMILES string of the molecule is CC1C(=O)N(c2cccc(Cl)c2)C(=S)N1c1ccc(N2CCOCC2)cc1. The molecule has 0 N–H and O–H groups in total. The lowest BCUT2D eigenvalue weighted by atomic mass is 10.2. The molecule has 2 aliphatic heterocycles. The Morgan fingerprint density at radius 3 is 2.37 bits per heavy atom. The lowest BCUT2D eigenvalue weighted by Crippen LogP contribution is -2.36. The van der Waals surface area contributed by atoms with Gasteiger partial charge in [-0.3, -0.25) is 9.69 Å². The number of morpholine rings is 1. The summed E-state index contributed by atoms with van der Waals surface area (Å²) in [6.07, 6.45) is 0. The molecule has 140 valence electrons. The van der Waals surface area contributed by atoms with Crippen LogP contribution < -0.4 is 14.7 Å². The molecule has 2 aromatic carbocycles. The van der Waals surface area contributed by atoms with E-state index in [1.165, 1.54) is 0 Å². The number of hydrogen-bond acceptors (Lipinski definition) is 4. The summed E-state index contributed by atoms with van der Waals surface area (Å²) >= 11 is 11.7. The largest absolute Gasteiger partial charge is 0.378 e. The van der Waals surface area contributed by atoms with Gasteiger partial charge in [-0.1, -0.05) is 17.7 Å². The van der Waals surface area contributed by atoms with E-state index in [-0.39, 0.29) is 11.9 Å². The fraction of sp³-hybridized carbons (Fsp3) is 0.300. The average molecular weight is 402 g/mol. The van der Waals surface area contributed by atoms with Crippen LogP contribution in [0.5, 0.6) is 0 Å². The zero-order chi connectivity index (χ0) is 19.0. The first kappa shape index (κ1) is 18.2. The molecular formula is C20H20ClN3O2S. The minimum atomic E-state index is -0.370. The third-order valence-electron chi connectivity index (χ3n) is 4.93. The summed E-state index contributed by atoms with van der Waals surface area (Å²) in [6, 6.07) is 15.0. The maximum atomic E-state index is 12.9. The van der Waals surface area contributed by atoms with Crippen molar-refractivity contribution in [2.45, 2.75) is 13.0 Å². The predicted molar refractivity (Wildman–Crippen MR) is 113 cm³/mol. The van der Waals surface area contributed by atoms with E-state index in [1.807, 2.05) is 36.1 Å². The van der Waals surface area contributed by atoms with Crippen molar-refractivity contribution in [3.8, 4) is 0 Å². The Labute approximate surface area is 169 Å². The van der Waals surface area contributed by atoms with E-state index in [9.17, 15) is 4.79 Å². The standard InChI is InChI=1S/C20H20ClN3O2S/c1-14-19(25)24(18-4-2-3-15(21)13-18)20(27)23(14)17-7-5-16(6-8-17)22-9-11-26-12-10-22/h2-8,13-14H,9-12H2,1H3. The van der Waals surface area contributed by atoms with E-state index in [4.69, 9.17) is 28.6 Å². The van der Waals surface area contributed by atoms with Gasteiger partial charge in [-0.25, -0.2) is 0 Å². The van der Waals surface area contributed by atoms with Gasteiger partial charge in [0.2, 0.25) is 0 Å². The van der Waals surface area contributed by atoms with Gasteiger partial charge in [0.25, 0.3) is 5.91 Å². The second kappa shape index (κ2) is 7.46. The second-order valence-corrected chi connectivity index (χ2v) is 7.40. The summed E-state index contributed by atoms with van der Waals surface area (Å²) in [6.45, 7) is 5.14. The van der Waals surface area contributed by atoms with Crippen LogP contribution in [0.4, 0.5) is 17.1 Å². The molecule has 0 spiro atoms. The van der Waals surface area contributed by atoms with Crippen molar-refractivity contribution in [1.29, 1.82) is 0 Å². The van der Waals surface area contributed by atoms with E-state index in [2.05, 4.69) is 17.0 Å². The Balaban J connectivity index is 1.60. The quantitative estimate of drug-likeness (QED) is 0.733. The summed E-state index contributed by atoms with van der Waals surface area (Å²) in [4.78, 5) is 18.6. The number of halogens is 1. The number of rotatable bonds is 3. The van der Waals surface area contributed by atoms with Crippen LogP contribution in [0.25, 0.3) is 0 Å². The van der Waals surface area contributed by atoms with Gasteiger partial charge >= 0.3 is 0 Å². The Morgan fingerprint density at radius 2 is 1.70 bits per heavy atom. The number of anilines is 3. The Kier molecular flexibility index (Phi) is 5.04. The van der Waals surface area contributed by atoms with Gasteiger partial charge in [-0.15, -0.1) is 0 Å². The number of carbonyl (C=O) groups is 1. The number of amides is 1. The third-order valence-corrected chi connectivity index (χ3v) is 5.55. The van der Waals surface area contributed by atoms with Crippen LogP contribution in [0.1, 0.15) is 6.92 Å². The normalized spacial score (nSPS) is 20.5. The Hall–Kier alpha value is -2.15. The first-order valence-electron chi connectivity index (χ1n) is 8.92. The minimum Gasteiger partial charge on any atom is -0.378 e. The molecule has 2 saturated heterocycles. The van der Waals surface area contributed by atoms with Crippen LogP contribution in [0.15, 0.2) is 48.5 Å². The summed E-state index contributed by atoms with van der Waals surface area (Å²) < 4.78 is 5.41. The summed E-state index contributed by atoms with van der Waals surface area (Å²) in [5.41, 5.74) is 2.75. The van der Waals surface area contributed by atoms with Crippen LogP contribution >= 0.6 is 23.8 Å². The van der Waals surface area contributed by atoms with Gasteiger partial charge in [-0.2, -0.15) is 0 Å². The molecule has 2 fully saturated rings. The maximum Gasteiger partial charge on any atom is 0.256 e. The first-order chi connectivity index (χ1) is 13.1. The van der Waals surface area contributed by atoms with Gasteiger partial charge in [0.1, 0.15) is 6.04 Å². The smallest absolute Gasteiger partial charge is 0.256 e. The highest BCUT2D eigenvalue weighted by molar-refractivity contribution is 7.81. The Morgan fingerprint density at radius 1 is 1.04 bits per heavy atom. The van der Waals surface area contributed by atoms with Crippen LogP contribution in [0.3, 0.4) is 0 Å². The predicted octanol–water partition coefficient (Wildman–Crippen LogP) is 3.70. The van der Waals surface area contributed by atoms with Crippen molar-refractivity contribution in [2.24, 2.45) is 0 Å². The number of ether oxygens (including phenoxy) is 1. The second-order valence-electron chi connectivity index (χ2n) is 6.60. The fourth-order valence-corrected chi connectivity index (χ4v) is 4.14. The van der Waals surface area contributed by atoms with E-state index >= 15 is 0 Å². The van der Waals surface area contributed by atoms with E-state index in [1.54, 1.807) is 17.0 Å². The first-order valence-corrected chi connectivity index (χ1v) is 9.70.